The van der Waals surface area contributed by atoms with E-state index in [0.717, 1.165) is 5.69 Å². The molecule has 0 aliphatic rings. The number of hydrogen-bond acceptors (Lipinski definition) is 6. The molecule has 19 heavy (non-hydrogen) atoms. The molecule has 0 spiro atoms. The van der Waals surface area contributed by atoms with Crippen LogP contribution in [0, 0.1) is 6.92 Å². The van der Waals surface area contributed by atoms with E-state index in [1.54, 1.807) is 12.3 Å². The first-order valence-corrected chi connectivity index (χ1v) is 5.60. The molecule has 0 aliphatic carbocycles. The Balaban J connectivity index is 2.22. The molecule has 0 radical (unpaired) electrons. The summed E-state index contributed by atoms with van der Waals surface area (Å²) >= 11 is 0. The number of methoxy groups -OCH3 is 1. The Morgan fingerprint density at radius 1 is 1.47 bits per heavy atom. The van der Waals surface area contributed by atoms with E-state index < -0.39 is 17.9 Å². The predicted molar refractivity (Wildman–Crippen MR) is 64.5 cm³/mol. The number of nitrogens with one attached hydrogen (secondary N) is 1. The number of carbonyl (C=O) groups excluding carboxylic acids is 2. The topological polar surface area (TPSA) is 98.5 Å². The van der Waals surface area contributed by atoms with Gasteiger partial charge in [0.25, 0.3) is 11.7 Å². The van der Waals surface area contributed by atoms with Crippen molar-refractivity contribution in [3.63, 3.8) is 0 Å². The van der Waals surface area contributed by atoms with Crippen LogP contribution in [-0.2, 0) is 9.53 Å². The van der Waals surface area contributed by atoms with Crippen molar-refractivity contribution >= 4 is 17.7 Å². The molecule has 2 rings (SSSR count). The van der Waals surface area contributed by atoms with Crippen molar-refractivity contribution in [1.82, 2.24) is 24.9 Å². The number of carbonyl (C=O) groups is 2. The van der Waals surface area contributed by atoms with E-state index in [1.807, 2.05) is 6.92 Å². The Kier molecular flexibility index (Phi) is 3.41. The zero-order chi connectivity index (χ0) is 14.0. The number of rotatable bonds is 3. The molecule has 2 heterocycles. The Hall–Kier alpha value is -2.51. The summed E-state index contributed by atoms with van der Waals surface area (Å²) < 4.78 is 5.97. The number of nitrogens with zero attached hydrogens (tertiary/aromatic N) is 4. The van der Waals surface area contributed by atoms with Crippen LogP contribution in [0.5, 0.6) is 0 Å². The Morgan fingerprint density at radius 3 is 2.84 bits per heavy atom. The van der Waals surface area contributed by atoms with Crippen molar-refractivity contribution in [2.24, 2.45) is 0 Å². The summed E-state index contributed by atoms with van der Waals surface area (Å²) in [6, 6.07) is 0.985. The second-order valence-electron chi connectivity index (χ2n) is 3.95. The third-order valence-electron chi connectivity index (χ3n) is 2.54. The van der Waals surface area contributed by atoms with Crippen LogP contribution >= 0.6 is 0 Å². The van der Waals surface area contributed by atoms with Gasteiger partial charge in [0, 0.05) is 11.9 Å². The quantitative estimate of drug-likeness (QED) is 0.765. The highest BCUT2D eigenvalue weighted by Gasteiger charge is 2.20. The van der Waals surface area contributed by atoms with Crippen LogP contribution in [0.1, 0.15) is 23.2 Å². The maximum Gasteiger partial charge on any atom is 0.328 e. The van der Waals surface area contributed by atoms with E-state index in [0.29, 0.717) is 5.78 Å². The van der Waals surface area contributed by atoms with Gasteiger partial charge in [-0.05, 0) is 19.9 Å². The van der Waals surface area contributed by atoms with Crippen LogP contribution in [0.3, 0.4) is 0 Å². The van der Waals surface area contributed by atoms with Gasteiger partial charge in [0.05, 0.1) is 7.11 Å². The summed E-state index contributed by atoms with van der Waals surface area (Å²) in [5.41, 5.74) is 0.803. The van der Waals surface area contributed by atoms with Crippen molar-refractivity contribution in [2.75, 3.05) is 7.11 Å². The van der Waals surface area contributed by atoms with Gasteiger partial charge in [-0.3, -0.25) is 4.79 Å². The number of hydrogen-bond donors (Lipinski definition) is 1. The van der Waals surface area contributed by atoms with Crippen LogP contribution in [0.25, 0.3) is 5.78 Å². The van der Waals surface area contributed by atoms with Gasteiger partial charge >= 0.3 is 5.97 Å². The molecule has 0 fully saturated rings. The van der Waals surface area contributed by atoms with Gasteiger partial charge in [0.1, 0.15) is 6.04 Å². The van der Waals surface area contributed by atoms with Crippen molar-refractivity contribution in [1.29, 1.82) is 0 Å². The molecule has 8 heteroatoms. The maximum absolute atomic E-state index is 11.9. The minimum atomic E-state index is -0.766. The lowest BCUT2D eigenvalue weighted by Gasteiger charge is -2.09. The van der Waals surface area contributed by atoms with Gasteiger partial charge in [-0.25, -0.2) is 14.3 Å². The van der Waals surface area contributed by atoms with E-state index in [4.69, 9.17) is 0 Å². The first-order valence-electron chi connectivity index (χ1n) is 5.60. The van der Waals surface area contributed by atoms with Crippen LogP contribution in [-0.4, -0.2) is 44.6 Å². The summed E-state index contributed by atoms with van der Waals surface area (Å²) in [4.78, 5) is 31.1. The molecule has 0 saturated carbocycles. The highest BCUT2D eigenvalue weighted by molar-refractivity contribution is 5.93. The molecule has 2 aromatic rings. The Morgan fingerprint density at radius 2 is 2.21 bits per heavy atom. The first kappa shape index (κ1) is 12.9. The second kappa shape index (κ2) is 5.01. The number of ether oxygens (including phenoxy) is 1. The molecular formula is C11H13N5O3. The molecule has 0 saturated heterocycles. The minimum absolute atomic E-state index is 0.0439. The van der Waals surface area contributed by atoms with E-state index in [1.165, 1.54) is 18.5 Å². The van der Waals surface area contributed by atoms with Gasteiger partial charge in [-0.2, -0.15) is 4.98 Å². The minimum Gasteiger partial charge on any atom is -0.467 e. The molecule has 0 aromatic carbocycles. The van der Waals surface area contributed by atoms with Crippen molar-refractivity contribution in [3.8, 4) is 0 Å². The number of esters is 1. The van der Waals surface area contributed by atoms with Gasteiger partial charge in [0.15, 0.2) is 0 Å². The van der Waals surface area contributed by atoms with Crippen molar-refractivity contribution in [3.05, 3.63) is 23.8 Å². The third-order valence-corrected chi connectivity index (χ3v) is 2.54. The average Bonchev–Trinajstić information content (AvgIpc) is 2.83. The lowest BCUT2D eigenvalue weighted by Crippen LogP contribution is -2.39. The van der Waals surface area contributed by atoms with Gasteiger partial charge < -0.3 is 10.1 Å². The van der Waals surface area contributed by atoms with E-state index in [9.17, 15) is 9.59 Å². The third kappa shape index (κ3) is 2.51. The number of amides is 1. The summed E-state index contributed by atoms with van der Waals surface area (Å²) in [6.45, 7) is 3.34. The Labute approximate surface area is 108 Å². The molecule has 1 amide bonds. The highest BCUT2D eigenvalue weighted by atomic mass is 16.5. The van der Waals surface area contributed by atoms with Crippen molar-refractivity contribution in [2.45, 2.75) is 19.9 Å². The molecule has 2 aromatic heterocycles. The summed E-state index contributed by atoms with van der Waals surface area (Å²) in [6.07, 6.45) is 1.58. The molecule has 0 unspecified atom stereocenters. The first-order chi connectivity index (χ1) is 9.02. The number of aryl methyl sites for hydroxylation is 1. The van der Waals surface area contributed by atoms with Gasteiger partial charge in [-0.15, -0.1) is 5.10 Å². The molecule has 0 aliphatic heterocycles. The molecule has 8 nitrogen and oxygen atoms in total. The van der Waals surface area contributed by atoms with Crippen LogP contribution in [0.2, 0.25) is 0 Å². The summed E-state index contributed by atoms with van der Waals surface area (Å²) in [5.74, 6) is -0.803. The zero-order valence-electron chi connectivity index (χ0n) is 10.7. The number of fused-ring (bicyclic) bond motifs is 1. The normalized spacial score (nSPS) is 12.2. The van der Waals surface area contributed by atoms with E-state index in [2.05, 4.69) is 25.1 Å². The maximum atomic E-state index is 11.9. The molecular weight excluding hydrogens is 250 g/mol. The van der Waals surface area contributed by atoms with E-state index >= 15 is 0 Å². The van der Waals surface area contributed by atoms with Gasteiger partial charge in [0.2, 0.25) is 5.82 Å². The second-order valence-corrected chi connectivity index (χ2v) is 3.95. The average molecular weight is 263 g/mol. The predicted octanol–water partition coefficient (Wildman–Crippen LogP) is -0.276. The largest absolute Gasteiger partial charge is 0.467 e. The molecule has 1 atom stereocenters. The zero-order valence-corrected chi connectivity index (χ0v) is 10.7. The standard InChI is InChI=1S/C11H13N5O3/c1-6-4-5-12-11-14-8(15-16(6)11)9(17)13-7(2)10(18)19-3/h4-5,7H,1-3H3,(H,13,17)/t7-/m0/s1. The fourth-order valence-electron chi connectivity index (χ4n) is 1.50. The van der Waals surface area contributed by atoms with Crippen LogP contribution in [0.4, 0.5) is 0 Å². The molecule has 0 bridgehead atoms. The molecule has 1 N–H and O–H groups in total. The highest BCUT2D eigenvalue weighted by Crippen LogP contribution is 2.02. The van der Waals surface area contributed by atoms with Gasteiger partial charge in [-0.1, -0.05) is 0 Å². The summed E-state index contributed by atoms with van der Waals surface area (Å²) in [5, 5.41) is 6.48. The fraction of sp³-hybridized carbons (Fsp3) is 0.364. The summed E-state index contributed by atoms with van der Waals surface area (Å²) in [7, 11) is 1.25. The van der Waals surface area contributed by atoms with Crippen LogP contribution in [0.15, 0.2) is 12.3 Å². The van der Waals surface area contributed by atoms with Crippen molar-refractivity contribution < 1.29 is 14.3 Å². The van der Waals surface area contributed by atoms with E-state index in [-0.39, 0.29) is 5.82 Å². The lowest BCUT2D eigenvalue weighted by atomic mass is 10.3. The fourth-order valence-corrected chi connectivity index (χ4v) is 1.50. The smallest absolute Gasteiger partial charge is 0.328 e. The van der Waals surface area contributed by atoms with Crippen LogP contribution < -0.4 is 5.32 Å². The monoisotopic (exact) mass is 263 g/mol. The number of aromatic nitrogens is 4. The SMILES string of the molecule is COC(=O)[C@H](C)NC(=O)c1nc2nccc(C)n2n1. The lowest BCUT2D eigenvalue weighted by molar-refractivity contribution is -0.142. The molecule has 100 valence electrons. The Bertz CT molecular complexity index is 636.